The summed E-state index contributed by atoms with van der Waals surface area (Å²) < 4.78 is 13.5. The molecule has 2 heterocycles. The number of amides is 1. The van der Waals surface area contributed by atoms with Crippen LogP contribution >= 0.6 is 11.8 Å². The minimum atomic E-state index is -0.425. The monoisotopic (exact) mass is 299 g/mol. The van der Waals surface area contributed by atoms with Crippen LogP contribution in [0.5, 0.6) is 0 Å². The van der Waals surface area contributed by atoms with Gasteiger partial charge in [0.2, 0.25) is 0 Å². The standard InChI is InChI=1S/C15H10FN3OS/c16-11-3-1-2-4-12(11)18-15-19-14(20)13(21-15)9-10-5-7-17-8-6-10/h1-9H,(H,18,19,20)/b13-9-. The third-order valence-electron chi connectivity index (χ3n) is 2.73. The summed E-state index contributed by atoms with van der Waals surface area (Å²) in [6.45, 7) is 0. The molecule has 0 spiro atoms. The van der Waals surface area contributed by atoms with Crippen LogP contribution in [0.25, 0.3) is 6.08 Å². The Balaban J connectivity index is 1.85. The van der Waals surface area contributed by atoms with Crippen molar-refractivity contribution < 1.29 is 9.18 Å². The molecule has 1 amide bonds. The number of carbonyl (C=O) groups is 1. The van der Waals surface area contributed by atoms with Crippen molar-refractivity contribution in [2.45, 2.75) is 0 Å². The summed E-state index contributed by atoms with van der Waals surface area (Å²) in [5, 5.41) is 2.99. The van der Waals surface area contributed by atoms with Crippen molar-refractivity contribution in [2.75, 3.05) is 0 Å². The average molecular weight is 299 g/mol. The van der Waals surface area contributed by atoms with E-state index >= 15 is 0 Å². The van der Waals surface area contributed by atoms with Crippen molar-refractivity contribution in [3.63, 3.8) is 0 Å². The van der Waals surface area contributed by atoms with Crippen LogP contribution in [0.1, 0.15) is 5.56 Å². The minimum absolute atomic E-state index is 0.200. The second-order valence-corrected chi connectivity index (χ2v) is 5.24. The van der Waals surface area contributed by atoms with Crippen molar-refractivity contribution >= 4 is 34.6 Å². The second kappa shape index (κ2) is 5.88. The van der Waals surface area contributed by atoms with Gasteiger partial charge in [0.15, 0.2) is 5.17 Å². The molecule has 0 bridgehead atoms. The Morgan fingerprint density at radius 3 is 2.71 bits per heavy atom. The van der Waals surface area contributed by atoms with Crippen molar-refractivity contribution in [3.05, 3.63) is 65.1 Å². The molecular weight excluding hydrogens is 289 g/mol. The summed E-state index contributed by atoms with van der Waals surface area (Å²) in [5.41, 5.74) is 1.07. The summed E-state index contributed by atoms with van der Waals surface area (Å²) in [6.07, 6.45) is 5.04. The molecule has 0 saturated carbocycles. The van der Waals surface area contributed by atoms with Crippen LogP contribution in [-0.4, -0.2) is 16.1 Å². The summed E-state index contributed by atoms with van der Waals surface area (Å²) in [4.78, 5) is 20.4. The number of nitrogens with zero attached hydrogens (tertiary/aromatic N) is 2. The van der Waals surface area contributed by atoms with Gasteiger partial charge in [0.05, 0.1) is 4.91 Å². The van der Waals surface area contributed by atoms with E-state index in [0.717, 1.165) is 5.56 Å². The Labute approximate surface area is 124 Å². The van der Waals surface area contributed by atoms with E-state index in [0.29, 0.717) is 10.1 Å². The molecule has 1 N–H and O–H groups in total. The highest BCUT2D eigenvalue weighted by Crippen LogP contribution is 2.28. The number of rotatable bonds is 2. The van der Waals surface area contributed by atoms with Crippen molar-refractivity contribution in [1.82, 2.24) is 10.3 Å². The second-order valence-electron chi connectivity index (χ2n) is 4.21. The zero-order valence-electron chi connectivity index (χ0n) is 10.8. The summed E-state index contributed by atoms with van der Waals surface area (Å²) >= 11 is 1.18. The summed E-state index contributed by atoms with van der Waals surface area (Å²) in [5.74, 6) is -0.668. The van der Waals surface area contributed by atoms with Crippen molar-refractivity contribution in [2.24, 2.45) is 4.99 Å². The lowest BCUT2D eigenvalue weighted by atomic mass is 10.2. The maximum Gasteiger partial charge on any atom is 0.264 e. The topological polar surface area (TPSA) is 54.4 Å². The quantitative estimate of drug-likeness (QED) is 0.867. The summed E-state index contributed by atoms with van der Waals surface area (Å²) in [7, 11) is 0. The molecule has 1 fully saturated rings. The highest BCUT2D eigenvalue weighted by Gasteiger charge is 2.24. The molecule has 104 valence electrons. The number of amidine groups is 1. The molecule has 0 unspecified atom stereocenters. The first-order chi connectivity index (χ1) is 10.2. The van der Waals surface area contributed by atoms with E-state index < -0.39 is 5.82 Å². The molecule has 0 atom stereocenters. The highest BCUT2D eigenvalue weighted by atomic mass is 32.2. The molecule has 2 aromatic rings. The molecule has 1 aliphatic heterocycles. The van der Waals surface area contributed by atoms with E-state index in [-0.39, 0.29) is 11.6 Å². The van der Waals surface area contributed by atoms with E-state index in [9.17, 15) is 9.18 Å². The third-order valence-corrected chi connectivity index (χ3v) is 3.64. The van der Waals surface area contributed by atoms with Crippen molar-refractivity contribution in [1.29, 1.82) is 0 Å². The fraction of sp³-hybridized carbons (Fsp3) is 0. The van der Waals surface area contributed by atoms with E-state index in [1.54, 1.807) is 48.8 Å². The smallest absolute Gasteiger partial charge is 0.264 e. The van der Waals surface area contributed by atoms with E-state index in [1.165, 1.54) is 17.8 Å². The maximum absolute atomic E-state index is 13.5. The number of hydrogen-bond acceptors (Lipinski definition) is 4. The fourth-order valence-corrected chi connectivity index (χ4v) is 2.58. The van der Waals surface area contributed by atoms with Crippen LogP contribution in [0.4, 0.5) is 10.1 Å². The molecule has 21 heavy (non-hydrogen) atoms. The normalized spacial score (nSPS) is 18.2. The van der Waals surface area contributed by atoms with E-state index in [4.69, 9.17) is 0 Å². The van der Waals surface area contributed by atoms with Gasteiger partial charge in [-0.25, -0.2) is 9.38 Å². The maximum atomic E-state index is 13.5. The molecular formula is C15H10FN3OS. The molecule has 0 aliphatic carbocycles. The Hall–Kier alpha value is -2.47. The first-order valence-corrected chi connectivity index (χ1v) is 6.98. The largest absolute Gasteiger partial charge is 0.300 e. The number of benzene rings is 1. The predicted molar refractivity (Wildman–Crippen MR) is 81.4 cm³/mol. The molecule has 1 aliphatic rings. The van der Waals surface area contributed by atoms with Crippen LogP contribution in [0.3, 0.4) is 0 Å². The summed E-state index contributed by atoms with van der Waals surface area (Å²) in [6, 6.07) is 9.76. The molecule has 1 aromatic heterocycles. The molecule has 0 radical (unpaired) electrons. The lowest BCUT2D eigenvalue weighted by Crippen LogP contribution is -2.19. The number of carbonyl (C=O) groups excluding carboxylic acids is 1. The van der Waals surface area contributed by atoms with Gasteiger partial charge in [0.25, 0.3) is 5.91 Å². The predicted octanol–water partition coefficient (Wildman–Crippen LogP) is 3.11. The van der Waals surface area contributed by atoms with Gasteiger partial charge in [-0.1, -0.05) is 12.1 Å². The number of thioether (sulfide) groups is 1. The number of hydrogen-bond donors (Lipinski definition) is 1. The molecule has 1 saturated heterocycles. The lowest BCUT2D eigenvalue weighted by molar-refractivity contribution is -0.115. The molecule has 1 aromatic carbocycles. The van der Waals surface area contributed by atoms with Gasteiger partial charge in [-0.3, -0.25) is 9.78 Å². The zero-order valence-corrected chi connectivity index (χ0v) is 11.6. The third kappa shape index (κ3) is 3.17. The molecule has 6 heteroatoms. The molecule has 4 nitrogen and oxygen atoms in total. The number of aromatic nitrogens is 1. The number of pyridine rings is 1. The first-order valence-electron chi connectivity index (χ1n) is 6.16. The number of para-hydroxylation sites is 1. The highest BCUT2D eigenvalue weighted by molar-refractivity contribution is 8.18. The Kier molecular flexibility index (Phi) is 3.79. The van der Waals surface area contributed by atoms with Gasteiger partial charge in [-0.2, -0.15) is 0 Å². The SMILES string of the molecule is O=C1NC(=Nc2ccccc2F)S/C1=C\c1ccncc1. The van der Waals surface area contributed by atoms with Gasteiger partial charge in [-0.15, -0.1) is 0 Å². The Morgan fingerprint density at radius 2 is 1.95 bits per heavy atom. The van der Waals surface area contributed by atoms with E-state index in [1.807, 2.05) is 0 Å². The number of halogens is 1. The Bertz CT molecular complexity index is 744. The van der Waals surface area contributed by atoms with Crippen LogP contribution < -0.4 is 5.32 Å². The van der Waals surface area contributed by atoms with Crippen LogP contribution in [-0.2, 0) is 4.79 Å². The first kappa shape index (κ1) is 13.5. The van der Waals surface area contributed by atoms with Gasteiger partial charge in [0.1, 0.15) is 11.5 Å². The minimum Gasteiger partial charge on any atom is -0.300 e. The van der Waals surface area contributed by atoms with Gasteiger partial charge >= 0.3 is 0 Å². The number of aliphatic imine (C=N–C) groups is 1. The van der Waals surface area contributed by atoms with Crippen LogP contribution in [0.15, 0.2) is 58.7 Å². The average Bonchev–Trinajstić information content (AvgIpc) is 2.82. The zero-order chi connectivity index (χ0) is 14.7. The van der Waals surface area contributed by atoms with Gasteiger partial charge in [0, 0.05) is 12.4 Å². The lowest BCUT2D eigenvalue weighted by Gasteiger charge is -1.97. The van der Waals surface area contributed by atoms with Gasteiger partial charge < -0.3 is 5.32 Å². The Morgan fingerprint density at radius 1 is 1.19 bits per heavy atom. The van der Waals surface area contributed by atoms with Crippen LogP contribution in [0, 0.1) is 5.82 Å². The molecule has 3 rings (SSSR count). The fourth-order valence-electron chi connectivity index (χ4n) is 1.74. The number of nitrogens with one attached hydrogen (secondary N) is 1. The van der Waals surface area contributed by atoms with Crippen molar-refractivity contribution in [3.8, 4) is 0 Å². The van der Waals surface area contributed by atoms with Gasteiger partial charge in [-0.05, 0) is 47.7 Å². The van der Waals surface area contributed by atoms with E-state index in [2.05, 4.69) is 15.3 Å². The van der Waals surface area contributed by atoms with Crippen LogP contribution in [0.2, 0.25) is 0 Å².